The first-order chi connectivity index (χ1) is 17.7. The van der Waals surface area contributed by atoms with Crippen LogP contribution in [0.15, 0.2) is 107 Å². The molecule has 0 bridgehead atoms. The van der Waals surface area contributed by atoms with Gasteiger partial charge >= 0.3 is 0 Å². The Labute approximate surface area is 202 Å². The van der Waals surface area contributed by atoms with Crippen LogP contribution in [0.4, 0.5) is 0 Å². The molecule has 0 saturated heterocycles. The van der Waals surface area contributed by atoms with Gasteiger partial charge in [0, 0.05) is 43.1 Å². The minimum absolute atomic E-state index is 0.0671. The van der Waals surface area contributed by atoms with Crippen LogP contribution in [0.2, 0.25) is 0 Å². The molecule has 9 aromatic rings. The van der Waals surface area contributed by atoms with Crippen molar-refractivity contribution >= 4 is 76.2 Å². The molecule has 0 atom stereocenters. The van der Waals surface area contributed by atoms with E-state index in [1.807, 2.05) is 72.8 Å². The molecule has 0 fully saturated rings. The molecule has 166 valence electrons. The van der Waals surface area contributed by atoms with Gasteiger partial charge in [0.05, 0.1) is 33.1 Å². The van der Waals surface area contributed by atoms with E-state index < -0.39 is 0 Å². The predicted molar refractivity (Wildman–Crippen MR) is 148 cm³/mol. The second-order valence-electron chi connectivity index (χ2n) is 9.65. The highest BCUT2D eigenvalue weighted by Gasteiger charge is 2.21. The summed E-state index contributed by atoms with van der Waals surface area (Å²) in [6, 6.07) is 32.2. The zero-order chi connectivity index (χ0) is 23.7. The molecule has 0 aliphatic carbocycles. The number of aromatic nitrogens is 2. The standard InChI is InChI=1S/C32H16N2O2/c35-31-19-7-1-3-13-25(19)33-27-15-24-18-10-6-12-22-30(18)34(26-14-4-2-8-20(26)32(22)36)28(24)16-23(27)17-9-5-11-21(31)29(17)33/h1-16H. The van der Waals surface area contributed by atoms with Crippen molar-refractivity contribution in [3.05, 3.63) is 118 Å². The Morgan fingerprint density at radius 1 is 0.361 bits per heavy atom. The van der Waals surface area contributed by atoms with E-state index in [9.17, 15) is 9.59 Å². The second kappa shape index (κ2) is 5.99. The lowest BCUT2D eigenvalue weighted by atomic mass is 10.1. The van der Waals surface area contributed by atoms with Gasteiger partial charge in [-0.2, -0.15) is 0 Å². The third-order valence-electron chi connectivity index (χ3n) is 7.96. The molecule has 0 amide bonds. The van der Waals surface area contributed by atoms with Gasteiger partial charge in [-0.15, -0.1) is 0 Å². The predicted octanol–water partition coefficient (Wildman–Crippen LogP) is 6.71. The third-order valence-corrected chi connectivity index (χ3v) is 7.96. The highest BCUT2D eigenvalue weighted by Crippen LogP contribution is 2.40. The quantitative estimate of drug-likeness (QED) is 0.236. The lowest BCUT2D eigenvalue weighted by molar-refractivity contribution is 1.33. The molecule has 0 spiro atoms. The molecule has 0 saturated carbocycles. The zero-order valence-corrected chi connectivity index (χ0v) is 18.9. The average Bonchev–Trinajstić information content (AvgIpc) is 3.43. The van der Waals surface area contributed by atoms with E-state index in [0.717, 1.165) is 76.2 Å². The Morgan fingerprint density at radius 2 is 0.750 bits per heavy atom. The van der Waals surface area contributed by atoms with Crippen molar-refractivity contribution in [3.63, 3.8) is 0 Å². The van der Waals surface area contributed by atoms with Gasteiger partial charge in [0.2, 0.25) is 0 Å². The summed E-state index contributed by atoms with van der Waals surface area (Å²) in [5.41, 5.74) is 6.01. The zero-order valence-electron chi connectivity index (χ0n) is 18.9. The molecule has 0 aliphatic heterocycles. The van der Waals surface area contributed by atoms with Crippen molar-refractivity contribution in [2.24, 2.45) is 0 Å². The van der Waals surface area contributed by atoms with Crippen LogP contribution in [0.3, 0.4) is 0 Å². The number of para-hydroxylation sites is 4. The maximum absolute atomic E-state index is 13.4. The SMILES string of the molecule is O=c1c2ccccc2n2c3cc4c5cccc6c(=O)c7ccccc7n(c4cc3c3cccc1c32)c65. The van der Waals surface area contributed by atoms with Gasteiger partial charge in [0.15, 0.2) is 10.9 Å². The van der Waals surface area contributed by atoms with Crippen molar-refractivity contribution in [2.45, 2.75) is 0 Å². The van der Waals surface area contributed by atoms with Gasteiger partial charge < -0.3 is 8.80 Å². The van der Waals surface area contributed by atoms with Crippen LogP contribution in [0.25, 0.3) is 76.2 Å². The molecule has 0 aliphatic rings. The summed E-state index contributed by atoms with van der Waals surface area (Å²) in [6.07, 6.45) is 0. The summed E-state index contributed by atoms with van der Waals surface area (Å²) < 4.78 is 4.48. The molecular formula is C32H16N2O2. The van der Waals surface area contributed by atoms with Gasteiger partial charge in [0.1, 0.15) is 0 Å². The monoisotopic (exact) mass is 460 g/mol. The molecule has 4 heterocycles. The highest BCUT2D eigenvalue weighted by atomic mass is 16.1. The average molecular weight is 460 g/mol. The lowest BCUT2D eigenvalue weighted by Crippen LogP contribution is -2.05. The van der Waals surface area contributed by atoms with Crippen LogP contribution in [0.1, 0.15) is 0 Å². The van der Waals surface area contributed by atoms with E-state index in [0.29, 0.717) is 0 Å². The van der Waals surface area contributed by atoms with Crippen LogP contribution in [-0.4, -0.2) is 8.80 Å². The van der Waals surface area contributed by atoms with Gasteiger partial charge in [-0.1, -0.05) is 48.5 Å². The summed E-state index contributed by atoms with van der Waals surface area (Å²) in [5, 5.41) is 7.22. The summed E-state index contributed by atoms with van der Waals surface area (Å²) >= 11 is 0. The maximum atomic E-state index is 13.4. The molecule has 4 heteroatoms. The Bertz CT molecular complexity index is 2340. The van der Waals surface area contributed by atoms with Crippen molar-refractivity contribution in [3.8, 4) is 0 Å². The number of hydrogen-bond donors (Lipinski definition) is 0. The van der Waals surface area contributed by atoms with E-state index in [-0.39, 0.29) is 10.9 Å². The Hall–Kier alpha value is -4.96. The van der Waals surface area contributed by atoms with Crippen LogP contribution in [-0.2, 0) is 0 Å². The van der Waals surface area contributed by atoms with E-state index in [1.54, 1.807) is 0 Å². The highest BCUT2D eigenvalue weighted by molar-refractivity contribution is 6.24. The number of benzene rings is 5. The lowest BCUT2D eigenvalue weighted by Gasteiger charge is -2.07. The Balaban J connectivity index is 1.66. The first kappa shape index (κ1) is 18.4. The molecule has 0 N–H and O–H groups in total. The van der Waals surface area contributed by atoms with Crippen molar-refractivity contribution in [1.29, 1.82) is 0 Å². The topological polar surface area (TPSA) is 43.0 Å². The van der Waals surface area contributed by atoms with E-state index in [1.165, 1.54) is 0 Å². The van der Waals surface area contributed by atoms with E-state index in [4.69, 9.17) is 0 Å². The minimum Gasteiger partial charge on any atom is -0.308 e. The molecule has 0 radical (unpaired) electrons. The van der Waals surface area contributed by atoms with Gasteiger partial charge in [-0.25, -0.2) is 0 Å². The largest absolute Gasteiger partial charge is 0.308 e. The molecule has 9 rings (SSSR count). The fraction of sp³-hybridized carbons (Fsp3) is 0. The van der Waals surface area contributed by atoms with Crippen molar-refractivity contribution in [2.75, 3.05) is 0 Å². The van der Waals surface area contributed by atoms with E-state index in [2.05, 4.69) is 33.1 Å². The molecule has 5 aromatic carbocycles. The number of fused-ring (bicyclic) bond motifs is 10. The molecule has 0 unspecified atom stereocenters. The van der Waals surface area contributed by atoms with Gasteiger partial charge in [-0.05, 0) is 48.5 Å². The minimum atomic E-state index is 0.0671. The number of pyridine rings is 2. The maximum Gasteiger partial charge on any atom is 0.197 e. The first-order valence-electron chi connectivity index (χ1n) is 12.0. The van der Waals surface area contributed by atoms with Crippen molar-refractivity contribution < 1.29 is 0 Å². The number of rotatable bonds is 0. The normalized spacial score (nSPS) is 12.7. The smallest absolute Gasteiger partial charge is 0.197 e. The Kier molecular flexibility index (Phi) is 3.06. The van der Waals surface area contributed by atoms with E-state index >= 15 is 0 Å². The second-order valence-corrected chi connectivity index (χ2v) is 9.65. The summed E-state index contributed by atoms with van der Waals surface area (Å²) in [7, 11) is 0. The fourth-order valence-electron chi connectivity index (χ4n) is 6.50. The summed E-state index contributed by atoms with van der Waals surface area (Å²) in [4.78, 5) is 26.8. The number of nitrogens with zero attached hydrogens (tertiary/aromatic N) is 2. The van der Waals surface area contributed by atoms with Gasteiger partial charge in [0.25, 0.3) is 0 Å². The fourth-order valence-corrected chi connectivity index (χ4v) is 6.50. The van der Waals surface area contributed by atoms with Crippen LogP contribution >= 0.6 is 0 Å². The van der Waals surface area contributed by atoms with Gasteiger partial charge in [-0.3, -0.25) is 9.59 Å². The van der Waals surface area contributed by atoms with Crippen LogP contribution < -0.4 is 10.9 Å². The molecule has 36 heavy (non-hydrogen) atoms. The molecular weight excluding hydrogens is 444 g/mol. The first-order valence-corrected chi connectivity index (χ1v) is 12.0. The number of hydrogen-bond acceptors (Lipinski definition) is 2. The summed E-state index contributed by atoms with van der Waals surface area (Å²) in [6.45, 7) is 0. The van der Waals surface area contributed by atoms with Crippen LogP contribution in [0, 0.1) is 0 Å². The Morgan fingerprint density at radius 3 is 1.22 bits per heavy atom. The van der Waals surface area contributed by atoms with Crippen molar-refractivity contribution in [1.82, 2.24) is 8.80 Å². The van der Waals surface area contributed by atoms with Crippen LogP contribution in [0.5, 0.6) is 0 Å². The molecule has 4 nitrogen and oxygen atoms in total. The summed E-state index contributed by atoms with van der Waals surface area (Å²) in [5.74, 6) is 0. The molecule has 4 aromatic heterocycles. The third kappa shape index (κ3) is 1.92.